The molecule has 9 heteroatoms. The summed E-state index contributed by atoms with van der Waals surface area (Å²) in [5, 5.41) is 0. The average molecular weight is 334 g/mol. The Morgan fingerprint density at radius 3 is 2.33 bits per heavy atom. The number of piperazine rings is 1. The van der Waals surface area contributed by atoms with Gasteiger partial charge in [-0.25, -0.2) is 4.79 Å². The van der Waals surface area contributed by atoms with Gasteiger partial charge in [0.1, 0.15) is 0 Å². The zero-order valence-corrected chi connectivity index (χ0v) is 14.4. The first-order valence-corrected chi connectivity index (χ1v) is 8.03. The maximum atomic E-state index is 12.3. The fraction of sp³-hybridized carbons (Fsp3) is 0.600. The minimum Gasteiger partial charge on any atom is -0.339 e. The van der Waals surface area contributed by atoms with E-state index in [2.05, 4.69) is 14.9 Å². The quantitative estimate of drug-likeness (QED) is 0.811. The predicted molar refractivity (Wildman–Crippen MR) is 90.4 cm³/mol. The summed E-state index contributed by atoms with van der Waals surface area (Å²) in [6.45, 7) is 8.02. The number of hydrogen-bond acceptors (Lipinski definition) is 5. The third-order valence-electron chi connectivity index (χ3n) is 4.46. The molecule has 9 nitrogen and oxygen atoms in total. The van der Waals surface area contributed by atoms with Crippen LogP contribution < -0.4 is 16.1 Å². The van der Waals surface area contributed by atoms with Crippen LogP contribution in [0.4, 0.5) is 5.95 Å². The highest BCUT2D eigenvalue weighted by molar-refractivity contribution is 5.75. The fourth-order valence-corrected chi connectivity index (χ4v) is 3.12. The SMILES string of the molecule is CC(=O)N1CCN(c2nc3c(c(=O)[nH]c(=O)n3C)n2C(C)C)CC1. The Labute approximate surface area is 138 Å². The molecule has 1 aliphatic rings. The Hall–Kier alpha value is -2.58. The molecule has 0 aromatic carbocycles. The van der Waals surface area contributed by atoms with Crippen molar-refractivity contribution in [2.45, 2.75) is 26.8 Å². The molecule has 0 aliphatic carbocycles. The van der Waals surface area contributed by atoms with Gasteiger partial charge in [-0.1, -0.05) is 0 Å². The van der Waals surface area contributed by atoms with E-state index in [0.717, 1.165) is 0 Å². The van der Waals surface area contributed by atoms with E-state index in [0.29, 0.717) is 43.3 Å². The lowest BCUT2D eigenvalue weighted by Crippen LogP contribution is -2.49. The van der Waals surface area contributed by atoms with E-state index in [9.17, 15) is 14.4 Å². The molecule has 1 saturated heterocycles. The highest BCUT2D eigenvalue weighted by atomic mass is 16.2. The summed E-state index contributed by atoms with van der Waals surface area (Å²) >= 11 is 0. The fourth-order valence-electron chi connectivity index (χ4n) is 3.12. The van der Waals surface area contributed by atoms with Gasteiger partial charge in [-0.3, -0.25) is 19.1 Å². The second-order valence-corrected chi connectivity index (χ2v) is 6.36. The van der Waals surface area contributed by atoms with E-state index < -0.39 is 11.2 Å². The first-order valence-electron chi connectivity index (χ1n) is 8.03. The van der Waals surface area contributed by atoms with Crippen molar-refractivity contribution >= 4 is 23.0 Å². The summed E-state index contributed by atoms with van der Waals surface area (Å²) in [6, 6.07) is 0.00874. The molecule has 2 aromatic heterocycles. The van der Waals surface area contributed by atoms with Crippen molar-refractivity contribution in [3.63, 3.8) is 0 Å². The summed E-state index contributed by atoms with van der Waals surface area (Å²) in [5.41, 5.74) is -0.130. The standard InChI is InChI=1S/C15H22N6O3/c1-9(2)21-11-12(18(4)15(24)17-13(11)23)16-14(21)20-7-5-19(6-8-20)10(3)22/h9H,5-8H2,1-4H3,(H,17,23,24). The minimum absolute atomic E-state index is 0.00874. The maximum Gasteiger partial charge on any atom is 0.329 e. The number of aromatic amines is 1. The van der Waals surface area contributed by atoms with Gasteiger partial charge >= 0.3 is 5.69 Å². The number of aromatic nitrogens is 4. The average Bonchev–Trinajstić information content (AvgIpc) is 2.94. The van der Waals surface area contributed by atoms with Gasteiger partial charge in [0, 0.05) is 46.2 Å². The number of rotatable bonds is 2. The van der Waals surface area contributed by atoms with E-state index >= 15 is 0 Å². The van der Waals surface area contributed by atoms with Crippen LogP contribution in [0.3, 0.4) is 0 Å². The number of carbonyl (C=O) groups is 1. The van der Waals surface area contributed by atoms with Crippen LogP contribution in [0, 0.1) is 0 Å². The lowest BCUT2D eigenvalue weighted by Gasteiger charge is -2.35. The normalized spacial score (nSPS) is 15.5. The number of hydrogen-bond donors (Lipinski definition) is 1. The molecule has 24 heavy (non-hydrogen) atoms. The van der Waals surface area contributed by atoms with Crippen molar-refractivity contribution in [3.05, 3.63) is 20.8 Å². The van der Waals surface area contributed by atoms with E-state index in [4.69, 9.17) is 0 Å². The van der Waals surface area contributed by atoms with Crippen molar-refractivity contribution in [1.82, 2.24) is 24.0 Å². The van der Waals surface area contributed by atoms with Crippen molar-refractivity contribution in [2.75, 3.05) is 31.1 Å². The lowest BCUT2D eigenvalue weighted by atomic mass is 10.3. The molecule has 130 valence electrons. The van der Waals surface area contributed by atoms with Gasteiger partial charge in [-0.15, -0.1) is 0 Å². The van der Waals surface area contributed by atoms with E-state index in [1.54, 1.807) is 18.9 Å². The van der Waals surface area contributed by atoms with Crippen LogP contribution in [0.5, 0.6) is 0 Å². The zero-order valence-electron chi connectivity index (χ0n) is 14.4. The van der Waals surface area contributed by atoms with Crippen LogP contribution in [0.1, 0.15) is 26.8 Å². The van der Waals surface area contributed by atoms with Gasteiger partial charge in [0.25, 0.3) is 5.56 Å². The molecule has 0 atom stereocenters. The number of amides is 1. The number of imidazole rings is 1. The summed E-state index contributed by atoms with van der Waals surface area (Å²) in [5.74, 6) is 0.723. The second-order valence-electron chi connectivity index (χ2n) is 6.36. The number of anilines is 1. The van der Waals surface area contributed by atoms with E-state index in [-0.39, 0.29) is 11.9 Å². The van der Waals surface area contributed by atoms with Crippen LogP contribution in [0.25, 0.3) is 11.2 Å². The molecule has 0 saturated carbocycles. The Balaban J connectivity index is 2.12. The lowest BCUT2D eigenvalue weighted by molar-refractivity contribution is -0.129. The number of H-pyrrole nitrogens is 1. The molecule has 0 spiro atoms. The molecular formula is C15H22N6O3. The van der Waals surface area contributed by atoms with Crippen molar-refractivity contribution in [3.8, 4) is 0 Å². The molecule has 1 amide bonds. The first-order chi connectivity index (χ1) is 11.3. The van der Waals surface area contributed by atoms with Crippen molar-refractivity contribution in [1.29, 1.82) is 0 Å². The van der Waals surface area contributed by atoms with E-state index in [1.165, 1.54) is 4.57 Å². The van der Waals surface area contributed by atoms with Gasteiger partial charge in [0.15, 0.2) is 11.2 Å². The van der Waals surface area contributed by atoms with Crippen molar-refractivity contribution < 1.29 is 4.79 Å². The van der Waals surface area contributed by atoms with Gasteiger partial charge in [0.2, 0.25) is 11.9 Å². The molecule has 1 aliphatic heterocycles. The monoisotopic (exact) mass is 334 g/mol. The molecular weight excluding hydrogens is 312 g/mol. The number of aryl methyl sites for hydroxylation is 1. The molecule has 1 N–H and O–H groups in total. The smallest absolute Gasteiger partial charge is 0.329 e. The molecule has 1 fully saturated rings. The number of fused-ring (bicyclic) bond motifs is 1. The summed E-state index contributed by atoms with van der Waals surface area (Å²) in [4.78, 5) is 46.4. The highest BCUT2D eigenvalue weighted by Crippen LogP contribution is 2.24. The topological polar surface area (TPSA) is 96.2 Å². The third-order valence-corrected chi connectivity index (χ3v) is 4.46. The highest BCUT2D eigenvalue weighted by Gasteiger charge is 2.26. The first kappa shape index (κ1) is 16.3. The Kier molecular flexibility index (Phi) is 3.94. The number of nitrogens with one attached hydrogen (secondary N) is 1. The van der Waals surface area contributed by atoms with Gasteiger partial charge in [0.05, 0.1) is 0 Å². The summed E-state index contributed by atoms with van der Waals surface area (Å²) in [7, 11) is 1.59. The van der Waals surface area contributed by atoms with Crippen LogP contribution >= 0.6 is 0 Å². The molecule has 2 aromatic rings. The number of carbonyl (C=O) groups excluding carboxylic acids is 1. The minimum atomic E-state index is -0.478. The Morgan fingerprint density at radius 1 is 1.17 bits per heavy atom. The largest absolute Gasteiger partial charge is 0.339 e. The molecule has 3 heterocycles. The maximum absolute atomic E-state index is 12.3. The predicted octanol–water partition coefficient (Wildman–Crippen LogP) is -0.327. The van der Waals surface area contributed by atoms with Crippen LogP contribution in [-0.4, -0.2) is 56.1 Å². The summed E-state index contributed by atoms with van der Waals surface area (Å²) < 4.78 is 3.21. The molecule has 0 bridgehead atoms. The van der Waals surface area contributed by atoms with Crippen LogP contribution in [0.2, 0.25) is 0 Å². The van der Waals surface area contributed by atoms with Gasteiger partial charge < -0.3 is 14.4 Å². The summed E-state index contributed by atoms with van der Waals surface area (Å²) in [6.07, 6.45) is 0. The van der Waals surface area contributed by atoms with E-state index in [1.807, 2.05) is 18.4 Å². The van der Waals surface area contributed by atoms with Crippen LogP contribution in [0.15, 0.2) is 9.59 Å². The molecule has 0 radical (unpaired) electrons. The molecule has 0 unspecified atom stereocenters. The molecule has 3 rings (SSSR count). The van der Waals surface area contributed by atoms with Crippen molar-refractivity contribution in [2.24, 2.45) is 7.05 Å². The Bertz CT molecular complexity index is 898. The van der Waals surface area contributed by atoms with Gasteiger partial charge in [-0.05, 0) is 13.8 Å². The zero-order chi connectivity index (χ0) is 17.6. The van der Waals surface area contributed by atoms with Crippen LogP contribution in [-0.2, 0) is 11.8 Å². The second kappa shape index (κ2) is 5.81. The number of nitrogens with zero attached hydrogens (tertiary/aromatic N) is 5. The van der Waals surface area contributed by atoms with Gasteiger partial charge in [-0.2, -0.15) is 4.98 Å². The third kappa shape index (κ3) is 2.49. The Morgan fingerprint density at radius 2 is 1.79 bits per heavy atom.